The van der Waals surface area contributed by atoms with Crippen LogP contribution in [0.5, 0.6) is 0 Å². The number of carbonyl (C=O) groups excluding carboxylic acids is 1. The molecule has 0 atom stereocenters. The Hall–Kier alpha value is -1.09. The molecule has 4 heteroatoms. The Kier molecular flexibility index (Phi) is 3.88. The molecule has 0 aromatic carbocycles. The molecule has 2 N–H and O–H groups in total. The van der Waals surface area contributed by atoms with Gasteiger partial charge in [0.25, 0.3) is 5.91 Å². The average Bonchev–Trinajstić information content (AvgIpc) is 1.97. The molecule has 0 spiro atoms. The highest BCUT2D eigenvalue weighted by atomic mass is 35.5. The van der Waals surface area contributed by atoms with Crippen LogP contribution in [0, 0.1) is 20.8 Å². The van der Waals surface area contributed by atoms with Gasteiger partial charge < -0.3 is 5.73 Å². The van der Waals surface area contributed by atoms with Crippen molar-refractivity contribution in [2.45, 2.75) is 20.8 Å². The summed E-state index contributed by atoms with van der Waals surface area (Å²) in [6, 6.07) is 0. The van der Waals surface area contributed by atoms with E-state index in [4.69, 9.17) is 5.73 Å². The van der Waals surface area contributed by atoms with Crippen LogP contribution in [0.15, 0.2) is 6.20 Å². The van der Waals surface area contributed by atoms with Crippen LogP contribution in [-0.4, -0.2) is 10.9 Å². The molecule has 1 heterocycles. The summed E-state index contributed by atoms with van der Waals surface area (Å²) in [5, 5.41) is 0. The van der Waals surface area contributed by atoms with Crippen molar-refractivity contribution >= 4 is 18.3 Å². The van der Waals surface area contributed by atoms with Crippen LogP contribution in [0.2, 0.25) is 0 Å². The second kappa shape index (κ2) is 4.23. The normalized spacial score (nSPS) is 9.15. The summed E-state index contributed by atoms with van der Waals surface area (Å²) >= 11 is 0. The fraction of sp³-hybridized carbons (Fsp3) is 0.333. The SMILES string of the molecule is Cc1cnc(C)c(C(N)=O)c1C.Cl. The molecule has 3 nitrogen and oxygen atoms in total. The summed E-state index contributed by atoms with van der Waals surface area (Å²) in [6.07, 6.45) is 1.75. The third kappa shape index (κ3) is 2.18. The first-order chi connectivity index (χ1) is 5.54. The van der Waals surface area contributed by atoms with Crippen molar-refractivity contribution in [3.05, 3.63) is 28.6 Å². The molecule has 1 rings (SSSR count). The monoisotopic (exact) mass is 200 g/mol. The number of primary amides is 1. The van der Waals surface area contributed by atoms with Crippen LogP contribution < -0.4 is 5.73 Å². The van der Waals surface area contributed by atoms with Gasteiger partial charge in [0, 0.05) is 6.20 Å². The van der Waals surface area contributed by atoms with Crippen LogP contribution in [0.25, 0.3) is 0 Å². The van der Waals surface area contributed by atoms with Crippen LogP contribution in [0.4, 0.5) is 0 Å². The highest BCUT2D eigenvalue weighted by molar-refractivity contribution is 5.95. The first-order valence-corrected chi connectivity index (χ1v) is 3.76. The molecular formula is C9H13ClN2O. The fourth-order valence-corrected chi connectivity index (χ4v) is 1.19. The van der Waals surface area contributed by atoms with E-state index in [0.717, 1.165) is 11.1 Å². The Morgan fingerprint density at radius 1 is 1.38 bits per heavy atom. The zero-order chi connectivity index (χ0) is 9.30. The summed E-state index contributed by atoms with van der Waals surface area (Å²) in [5.41, 5.74) is 8.38. The van der Waals surface area contributed by atoms with E-state index in [1.165, 1.54) is 0 Å². The number of hydrogen-bond donors (Lipinski definition) is 1. The van der Waals surface area contributed by atoms with Gasteiger partial charge in [0.2, 0.25) is 0 Å². The Labute approximate surface area is 83.8 Å². The van der Waals surface area contributed by atoms with Gasteiger partial charge in [-0.1, -0.05) is 0 Å². The Bertz CT molecular complexity index is 337. The van der Waals surface area contributed by atoms with E-state index in [9.17, 15) is 4.79 Å². The molecular weight excluding hydrogens is 188 g/mol. The lowest BCUT2D eigenvalue weighted by Gasteiger charge is -2.06. The number of amides is 1. The number of nitrogens with two attached hydrogens (primary N) is 1. The zero-order valence-corrected chi connectivity index (χ0v) is 8.73. The van der Waals surface area contributed by atoms with E-state index < -0.39 is 5.91 Å². The van der Waals surface area contributed by atoms with Crippen LogP contribution >= 0.6 is 12.4 Å². The summed E-state index contributed by atoms with van der Waals surface area (Å²) in [5.74, 6) is -0.402. The van der Waals surface area contributed by atoms with Gasteiger partial charge in [-0.15, -0.1) is 12.4 Å². The van der Waals surface area contributed by atoms with E-state index >= 15 is 0 Å². The first-order valence-electron chi connectivity index (χ1n) is 3.76. The largest absolute Gasteiger partial charge is 0.366 e. The molecule has 72 valence electrons. The minimum atomic E-state index is -0.402. The van der Waals surface area contributed by atoms with Crippen molar-refractivity contribution in [2.75, 3.05) is 0 Å². The average molecular weight is 201 g/mol. The van der Waals surface area contributed by atoms with Crippen molar-refractivity contribution in [1.82, 2.24) is 4.98 Å². The molecule has 13 heavy (non-hydrogen) atoms. The summed E-state index contributed by atoms with van der Waals surface area (Å²) in [6.45, 7) is 5.57. The maximum Gasteiger partial charge on any atom is 0.250 e. The molecule has 1 amide bonds. The molecule has 0 unspecified atom stereocenters. The van der Waals surface area contributed by atoms with E-state index in [0.29, 0.717) is 11.3 Å². The summed E-state index contributed by atoms with van der Waals surface area (Å²) in [7, 11) is 0. The number of hydrogen-bond acceptors (Lipinski definition) is 2. The molecule has 0 saturated carbocycles. The van der Waals surface area contributed by atoms with Crippen molar-refractivity contribution in [3.63, 3.8) is 0 Å². The van der Waals surface area contributed by atoms with Gasteiger partial charge in [0.1, 0.15) is 0 Å². The lowest BCUT2D eigenvalue weighted by Crippen LogP contribution is -2.16. The van der Waals surface area contributed by atoms with Gasteiger partial charge in [-0.25, -0.2) is 0 Å². The second-order valence-corrected chi connectivity index (χ2v) is 2.89. The van der Waals surface area contributed by atoms with Crippen molar-refractivity contribution in [2.24, 2.45) is 5.73 Å². The third-order valence-electron chi connectivity index (χ3n) is 2.03. The highest BCUT2D eigenvalue weighted by Crippen LogP contribution is 2.13. The molecule has 1 aromatic rings. The predicted molar refractivity (Wildman–Crippen MR) is 54.2 cm³/mol. The summed E-state index contributed by atoms with van der Waals surface area (Å²) < 4.78 is 0. The van der Waals surface area contributed by atoms with E-state index in [1.54, 1.807) is 13.1 Å². The van der Waals surface area contributed by atoms with E-state index in [1.807, 2.05) is 13.8 Å². The van der Waals surface area contributed by atoms with Gasteiger partial charge in [-0.2, -0.15) is 0 Å². The van der Waals surface area contributed by atoms with Crippen LogP contribution in [0.1, 0.15) is 27.2 Å². The van der Waals surface area contributed by atoms with Crippen molar-refractivity contribution in [3.8, 4) is 0 Å². The van der Waals surface area contributed by atoms with Gasteiger partial charge in [0.05, 0.1) is 11.3 Å². The highest BCUT2D eigenvalue weighted by Gasteiger charge is 2.10. The number of pyridine rings is 1. The molecule has 0 aliphatic rings. The standard InChI is InChI=1S/C9H12N2O.ClH/c1-5-4-11-7(3)8(6(5)2)9(10)12;/h4H,1-3H3,(H2,10,12);1H. The Morgan fingerprint density at radius 3 is 2.31 bits per heavy atom. The predicted octanol–water partition coefficient (Wildman–Crippen LogP) is 1.53. The lowest BCUT2D eigenvalue weighted by atomic mass is 10.0. The number of aromatic nitrogens is 1. The number of carbonyl (C=O) groups is 1. The smallest absolute Gasteiger partial charge is 0.250 e. The van der Waals surface area contributed by atoms with Gasteiger partial charge >= 0.3 is 0 Å². The minimum Gasteiger partial charge on any atom is -0.366 e. The van der Waals surface area contributed by atoms with Crippen LogP contribution in [-0.2, 0) is 0 Å². The fourth-order valence-electron chi connectivity index (χ4n) is 1.19. The maximum absolute atomic E-state index is 11.0. The molecule has 0 fully saturated rings. The van der Waals surface area contributed by atoms with Gasteiger partial charge in [0.15, 0.2) is 0 Å². The van der Waals surface area contributed by atoms with Crippen molar-refractivity contribution in [1.29, 1.82) is 0 Å². The van der Waals surface area contributed by atoms with E-state index in [-0.39, 0.29) is 12.4 Å². The quantitative estimate of drug-likeness (QED) is 0.748. The topological polar surface area (TPSA) is 56.0 Å². The van der Waals surface area contributed by atoms with Crippen LogP contribution in [0.3, 0.4) is 0 Å². The number of aryl methyl sites for hydroxylation is 2. The van der Waals surface area contributed by atoms with Gasteiger partial charge in [-0.3, -0.25) is 9.78 Å². The molecule has 0 aliphatic carbocycles. The molecule has 0 bridgehead atoms. The maximum atomic E-state index is 11.0. The molecule has 0 radical (unpaired) electrons. The Morgan fingerprint density at radius 2 is 1.92 bits per heavy atom. The third-order valence-corrected chi connectivity index (χ3v) is 2.03. The second-order valence-electron chi connectivity index (χ2n) is 2.89. The Balaban J connectivity index is 0.00000144. The number of nitrogens with zero attached hydrogens (tertiary/aromatic N) is 1. The molecule has 1 aromatic heterocycles. The number of rotatable bonds is 1. The lowest BCUT2D eigenvalue weighted by molar-refractivity contribution is 0.0998. The number of halogens is 1. The minimum absolute atomic E-state index is 0. The van der Waals surface area contributed by atoms with Crippen molar-refractivity contribution < 1.29 is 4.79 Å². The molecule has 0 aliphatic heterocycles. The first kappa shape index (κ1) is 11.9. The van der Waals surface area contributed by atoms with E-state index in [2.05, 4.69) is 4.98 Å². The van der Waals surface area contributed by atoms with Gasteiger partial charge in [-0.05, 0) is 31.9 Å². The summed E-state index contributed by atoms with van der Waals surface area (Å²) in [4.78, 5) is 15.0. The zero-order valence-electron chi connectivity index (χ0n) is 7.92. The molecule has 0 saturated heterocycles.